The van der Waals surface area contributed by atoms with Crippen molar-refractivity contribution in [3.8, 4) is 0 Å². The molecule has 1 N–H and O–H groups in total. The van der Waals surface area contributed by atoms with Gasteiger partial charge >= 0.3 is 5.69 Å². The topological polar surface area (TPSA) is 68.1 Å². The van der Waals surface area contributed by atoms with Gasteiger partial charge in [-0.25, -0.2) is 0 Å². The molecule has 5 nitrogen and oxygen atoms in total. The molecule has 2 rings (SSSR count). The van der Waals surface area contributed by atoms with Crippen molar-refractivity contribution in [1.29, 1.82) is 0 Å². The van der Waals surface area contributed by atoms with E-state index < -0.39 is 4.92 Å². The molecule has 0 fully saturated rings. The molecule has 19 heavy (non-hydrogen) atoms. The number of anilines is 1. The van der Waals surface area contributed by atoms with E-state index in [0.717, 1.165) is 6.42 Å². The quantitative estimate of drug-likeness (QED) is 0.660. The number of rotatable bonds is 5. The van der Waals surface area contributed by atoms with Crippen LogP contribution in [0.2, 0.25) is 0 Å². The average Bonchev–Trinajstić information content (AvgIpc) is 2.40. The van der Waals surface area contributed by atoms with E-state index in [4.69, 9.17) is 0 Å². The van der Waals surface area contributed by atoms with Gasteiger partial charge in [0.15, 0.2) is 0 Å². The Balaban J connectivity index is 2.07. The Morgan fingerprint density at radius 2 is 2.05 bits per heavy atom. The highest BCUT2D eigenvalue weighted by Gasteiger charge is 2.15. The van der Waals surface area contributed by atoms with E-state index >= 15 is 0 Å². The summed E-state index contributed by atoms with van der Waals surface area (Å²) in [6.45, 7) is 2.00. The third kappa shape index (κ3) is 3.51. The summed E-state index contributed by atoms with van der Waals surface area (Å²) in [4.78, 5) is 14.2. The molecule has 2 aromatic rings. The highest BCUT2D eigenvalue weighted by molar-refractivity contribution is 5.60. The van der Waals surface area contributed by atoms with E-state index in [1.165, 1.54) is 11.8 Å². The maximum absolute atomic E-state index is 10.9. The summed E-state index contributed by atoms with van der Waals surface area (Å²) < 4.78 is 0. The summed E-state index contributed by atoms with van der Waals surface area (Å²) in [7, 11) is 0. The Bertz CT molecular complexity index is 558. The lowest BCUT2D eigenvalue weighted by Crippen LogP contribution is -2.18. The molecule has 1 aromatic heterocycles. The molecule has 0 aliphatic rings. The van der Waals surface area contributed by atoms with Crippen molar-refractivity contribution in [2.24, 2.45) is 0 Å². The van der Waals surface area contributed by atoms with E-state index in [1.807, 2.05) is 37.3 Å². The van der Waals surface area contributed by atoms with Crippen LogP contribution in [-0.2, 0) is 6.42 Å². The van der Waals surface area contributed by atoms with Gasteiger partial charge in [0.2, 0.25) is 0 Å². The first-order valence-electron chi connectivity index (χ1n) is 6.05. The smallest absolute Gasteiger partial charge is 0.310 e. The Kier molecular flexibility index (Phi) is 4.07. The third-order valence-corrected chi connectivity index (χ3v) is 2.78. The van der Waals surface area contributed by atoms with E-state index in [9.17, 15) is 10.1 Å². The van der Waals surface area contributed by atoms with Gasteiger partial charge in [0.05, 0.1) is 4.92 Å². The second kappa shape index (κ2) is 5.95. The number of nitrogens with one attached hydrogen (secondary N) is 1. The first kappa shape index (κ1) is 13.0. The fourth-order valence-corrected chi connectivity index (χ4v) is 1.94. The minimum atomic E-state index is -0.426. The summed E-state index contributed by atoms with van der Waals surface area (Å²) in [5.74, 6) is 0. The van der Waals surface area contributed by atoms with Crippen molar-refractivity contribution in [1.82, 2.24) is 4.98 Å². The molecule has 0 radical (unpaired) electrons. The summed E-state index contributed by atoms with van der Waals surface area (Å²) in [5, 5.41) is 14.0. The maximum atomic E-state index is 10.9. The van der Waals surface area contributed by atoms with Gasteiger partial charge in [0, 0.05) is 12.2 Å². The van der Waals surface area contributed by atoms with Gasteiger partial charge in [-0.2, -0.15) is 0 Å². The van der Waals surface area contributed by atoms with Crippen LogP contribution in [0.3, 0.4) is 0 Å². The van der Waals surface area contributed by atoms with E-state index in [2.05, 4.69) is 10.3 Å². The van der Waals surface area contributed by atoms with Crippen LogP contribution in [0.15, 0.2) is 48.8 Å². The summed E-state index contributed by atoms with van der Waals surface area (Å²) in [6, 6.07) is 11.7. The van der Waals surface area contributed by atoms with Gasteiger partial charge in [0.1, 0.15) is 11.9 Å². The molecule has 0 bridgehead atoms. The summed E-state index contributed by atoms with van der Waals surface area (Å²) >= 11 is 0. The molecule has 0 unspecified atom stereocenters. The molecule has 98 valence electrons. The van der Waals surface area contributed by atoms with Gasteiger partial charge in [-0.05, 0) is 25.0 Å². The number of hydrogen-bond acceptors (Lipinski definition) is 4. The number of nitrogens with zero attached hydrogens (tertiary/aromatic N) is 2. The summed E-state index contributed by atoms with van der Waals surface area (Å²) in [6.07, 6.45) is 3.61. The molecular weight excluding hydrogens is 242 g/mol. The van der Waals surface area contributed by atoms with Crippen molar-refractivity contribution < 1.29 is 4.92 Å². The molecule has 0 amide bonds. The minimum Gasteiger partial charge on any atom is -0.377 e. The lowest BCUT2D eigenvalue weighted by molar-refractivity contribution is -0.384. The average molecular weight is 257 g/mol. The zero-order valence-electron chi connectivity index (χ0n) is 10.6. The Hall–Kier alpha value is -2.43. The van der Waals surface area contributed by atoms with Crippen molar-refractivity contribution in [2.75, 3.05) is 5.32 Å². The number of aromatic nitrogens is 1. The zero-order chi connectivity index (χ0) is 13.7. The van der Waals surface area contributed by atoms with Crippen LogP contribution >= 0.6 is 0 Å². The third-order valence-electron chi connectivity index (χ3n) is 2.78. The highest BCUT2D eigenvalue weighted by Crippen LogP contribution is 2.23. The van der Waals surface area contributed by atoms with Gasteiger partial charge in [0.25, 0.3) is 0 Å². The molecule has 5 heteroatoms. The standard InChI is InChI=1S/C14H15N3O2/c1-11(9-12-5-3-2-4-6-12)16-13-7-8-15-10-14(13)17(18)19/h2-8,10-11H,9H2,1H3,(H,15,16)/t11-/m0/s1. The van der Waals surface area contributed by atoms with Crippen LogP contribution in [0, 0.1) is 10.1 Å². The molecule has 0 aliphatic carbocycles. The van der Waals surface area contributed by atoms with Crippen LogP contribution in [0.1, 0.15) is 12.5 Å². The minimum absolute atomic E-state index is 0.00223. The fraction of sp³-hybridized carbons (Fsp3) is 0.214. The molecule has 1 atom stereocenters. The number of pyridine rings is 1. The molecule has 0 saturated heterocycles. The van der Waals surface area contributed by atoms with Crippen molar-refractivity contribution in [2.45, 2.75) is 19.4 Å². The van der Waals surface area contributed by atoms with Crippen molar-refractivity contribution in [3.63, 3.8) is 0 Å². The molecular formula is C14H15N3O2. The van der Waals surface area contributed by atoms with E-state index in [0.29, 0.717) is 5.69 Å². The van der Waals surface area contributed by atoms with Crippen LogP contribution in [0.5, 0.6) is 0 Å². The highest BCUT2D eigenvalue weighted by atomic mass is 16.6. The van der Waals surface area contributed by atoms with Crippen molar-refractivity contribution >= 4 is 11.4 Å². The van der Waals surface area contributed by atoms with Gasteiger partial charge < -0.3 is 5.32 Å². The Labute approximate surface area is 111 Å². The first-order valence-corrected chi connectivity index (χ1v) is 6.05. The fourth-order valence-electron chi connectivity index (χ4n) is 1.94. The number of nitro groups is 1. The second-order valence-corrected chi connectivity index (χ2v) is 4.39. The zero-order valence-corrected chi connectivity index (χ0v) is 10.6. The summed E-state index contributed by atoms with van der Waals surface area (Å²) in [5.41, 5.74) is 1.70. The lowest BCUT2D eigenvalue weighted by atomic mass is 10.1. The SMILES string of the molecule is C[C@@H](Cc1ccccc1)Nc1ccncc1[N+](=O)[O-]. The number of benzene rings is 1. The lowest BCUT2D eigenvalue weighted by Gasteiger charge is -2.15. The van der Waals surface area contributed by atoms with E-state index in [-0.39, 0.29) is 11.7 Å². The van der Waals surface area contributed by atoms with Crippen LogP contribution in [-0.4, -0.2) is 15.9 Å². The molecule has 0 saturated carbocycles. The van der Waals surface area contributed by atoms with Crippen LogP contribution in [0.4, 0.5) is 11.4 Å². The normalized spacial score (nSPS) is 11.8. The first-order chi connectivity index (χ1) is 9.16. The van der Waals surface area contributed by atoms with E-state index in [1.54, 1.807) is 12.3 Å². The maximum Gasteiger partial charge on any atom is 0.310 e. The van der Waals surface area contributed by atoms with Crippen molar-refractivity contribution in [3.05, 3.63) is 64.5 Å². The van der Waals surface area contributed by atoms with Crippen LogP contribution in [0.25, 0.3) is 0 Å². The molecule has 1 heterocycles. The van der Waals surface area contributed by atoms with Crippen LogP contribution < -0.4 is 5.32 Å². The van der Waals surface area contributed by atoms with Gasteiger partial charge in [-0.15, -0.1) is 0 Å². The number of hydrogen-bond donors (Lipinski definition) is 1. The molecule has 0 aliphatic heterocycles. The monoisotopic (exact) mass is 257 g/mol. The van der Waals surface area contributed by atoms with Gasteiger partial charge in [-0.1, -0.05) is 30.3 Å². The largest absolute Gasteiger partial charge is 0.377 e. The Morgan fingerprint density at radius 1 is 1.32 bits per heavy atom. The molecule has 1 aromatic carbocycles. The van der Waals surface area contributed by atoms with Gasteiger partial charge in [-0.3, -0.25) is 15.1 Å². The predicted molar refractivity (Wildman–Crippen MR) is 74.1 cm³/mol. The Morgan fingerprint density at radius 3 is 2.74 bits per heavy atom. The second-order valence-electron chi connectivity index (χ2n) is 4.39. The predicted octanol–water partition coefficient (Wildman–Crippen LogP) is 3.03. The molecule has 0 spiro atoms.